The van der Waals surface area contributed by atoms with Gasteiger partial charge in [-0.3, -0.25) is 0 Å². The van der Waals surface area contributed by atoms with Gasteiger partial charge in [0.05, 0.1) is 0 Å². The van der Waals surface area contributed by atoms with E-state index >= 15 is 0 Å². The van der Waals surface area contributed by atoms with Crippen molar-refractivity contribution in [3.8, 4) is 0 Å². The highest BCUT2D eigenvalue weighted by atomic mass is 15.1. The molecule has 0 aliphatic heterocycles. The second-order valence-corrected chi connectivity index (χ2v) is 3.75. The number of rotatable bonds is 4. The van der Waals surface area contributed by atoms with Crippen LogP contribution in [-0.4, -0.2) is 22.6 Å². The van der Waals surface area contributed by atoms with Gasteiger partial charge in [0, 0.05) is 24.2 Å². The average molecular weight is 192 g/mol. The van der Waals surface area contributed by atoms with Crippen LogP contribution in [0.5, 0.6) is 0 Å². The Morgan fingerprint density at radius 3 is 2.93 bits per heavy atom. The van der Waals surface area contributed by atoms with Gasteiger partial charge in [-0.2, -0.15) is 0 Å². The minimum Gasteiger partial charge on any atom is -0.367 e. The zero-order valence-corrected chi connectivity index (χ0v) is 8.45. The normalized spacial score (nSPS) is 15.6. The molecule has 2 rings (SSSR count). The number of nitrogens with one attached hydrogen (secondary N) is 1. The molecule has 0 saturated heterocycles. The molecule has 0 radical (unpaired) electrons. The molecule has 1 fully saturated rings. The lowest BCUT2D eigenvalue weighted by Gasteiger charge is -2.06. The lowest BCUT2D eigenvalue weighted by Crippen LogP contribution is -2.09. The minimum absolute atomic E-state index is 0.634. The van der Waals surface area contributed by atoms with Crippen LogP contribution in [0, 0.1) is 6.92 Å². The summed E-state index contributed by atoms with van der Waals surface area (Å²) < 4.78 is 0. The van der Waals surface area contributed by atoms with Gasteiger partial charge < -0.3 is 11.1 Å². The smallest absolute Gasteiger partial charge is 0.130 e. The lowest BCUT2D eigenvalue weighted by molar-refractivity contribution is 0.886. The molecule has 1 heterocycles. The Bertz CT molecular complexity index is 320. The fraction of sp³-hybridized carbons (Fsp3) is 0.600. The molecule has 4 nitrogen and oxygen atoms in total. The summed E-state index contributed by atoms with van der Waals surface area (Å²) >= 11 is 0. The van der Waals surface area contributed by atoms with Crippen LogP contribution < -0.4 is 11.1 Å². The highest BCUT2D eigenvalue weighted by Gasteiger charge is 2.21. The van der Waals surface area contributed by atoms with E-state index in [2.05, 4.69) is 15.3 Å². The maximum absolute atomic E-state index is 5.49. The second-order valence-electron chi connectivity index (χ2n) is 3.75. The first-order valence-corrected chi connectivity index (χ1v) is 5.09. The van der Waals surface area contributed by atoms with Gasteiger partial charge in [0.2, 0.25) is 0 Å². The van der Waals surface area contributed by atoms with E-state index < -0.39 is 0 Å². The van der Waals surface area contributed by atoms with Crippen molar-refractivity contribution in [1.29, 1.82) is 0 Å². The number of nitrogens with two attached hydrogens (primary N) is 1. The number of nitrogens with zero attached hydrogens (tertiary/aromatic N) is 2. The predicted molar refractivity (Wildman–Crippen MR) is 56.2 cm³/mol. The first-order valence-electron chi connectivity index (χ1n) is 5.09. The molecule has 0 spiro atoms. The van der Waals surface area contributed by atoms with Crippen molar-refractivity contribution in [1.82, 2.24) is 9.97 Å². The summed E-state index contributed by atoms with van der Waals surface area (Å²) in [6.07, 6.45) is 3.34. The third-order valence-electron chi connectivity index (χ3n) is 2.22. The first kappa shape index (κ1) is 9.40. The molecule has 1 aromatic rings. The summed E-state index contributed by atoms with van der Waals surface area (Å²) in [5.74, 6) is 1.77. The zero-order chi connectivity index (χ0) is 9.97. The van der Waals surface area contributed by atoms with E-state index in [1.165, 1.54) is 12.8 Å². The summed E-state index contributed by atoms with van der Waals surface area (Å²) in [5, 5.41) is 3.36. The molecule has 4 heteroatoms. The summed E-state index contributed by atoms with van der Waals surface area (Å²) in [4.78, 5) is 8.65. The van der Waals surface area contributed by atoms with E-state index in [0.717, 1.165) is 23.8 Å². The van der Waals surface area contributed by atoms with Crippen LogP contribution in [0.15, 0.2) is 6.07 Å². The molecule has 14 heavy (non-hydrogen) atoms. The van der Waals surface area contributed by atoms with Gasteiger partial charge in [-0.15, -0.1) is 0 Å². The van der Waals surface area contributed by atoms with Crippen LogP contribution in [0.3, 0.4) is 0 Å². The third kappa shape index (κ3) is 2.42. The van der Waals surface area contributed by atoms with Crippen molar-refractivity contribution in [3.05, 3.63) is 17.6 Å². The lowest BCUT2D eigenvalue weighted by atomic mass is 10.3. The largest absolute Gasteiger partial charge is 0.367 e. The van der Waals surface area contributed by atoms with Gasteiger partial charge in [0.1, 0.15) is 11.6 Å². The number of hydrogen-bond donors (Lipinski definition) is 2. The Morgan fingerprint density at radius 1 is 1.50 bits per heavy atom. The quantitative estimate of drug-likeness (QED) is 0.742. The van der Waals surface area contributed by atoms with Gasteiger partial charge in [-0.05, 0) is 26.3 Å². The first-order chi connectivity index (χ1) is 6.78. The van der Waals surface area contributed by atoms with E-state index in [-0.39, 0.29) is 0 Å². The van der Waals surface area contributed by atoms with Crippen molar-refractivity contribution in [2.75, 3.05) is 11.9 Å². The number of aryl methyl sites for hydroxylation is 1. The molecule has 0 unspecified atom stereocenters. The van der Waals surface area contributed by atoms with Gasteiger partial charge in [-0.1, -0.05) is 0 Å². The standard InChI is InChI=1S/C10H16N4/c1-7-12-9(4-5-11)6-10(13-7)14-8-2-3-8/h6,8H,2-5,11H2,1H3,(H,12,13,14). The minimum atomic E-state index is 0.634. The summed E-state index contributed by atoms with van der Waals surface area (Å²) in [5.41, 5.74) is 6.52. The number of hydrogen-bond acceptors (Lipinski definition) is 4. The van der Waals surface area contributed by atoms with Gasteiger partial charge >= 0.3 is 0 Å². The number of aromatic nitrogens is 2. The van der Waals surface area contributed by atoms with Crippen LogP contribution in [0.25, 0.3) is 0 Å². The molecule has 1 aromatic heterocycles. The van der Waals surface area contributed by atoms with E-state index in [4.69, 9.17) is 5.73 Å². The maximum Gasteiger partial charge on any atom is 0.130 e. The van der Waals surface area contributed by atoms with E-state index in [1.807, 2.05) is 13.0 Å². The molecular weight excluding hydrogens is 176 g/mol. The molecule has 0 atom stereocenters. The fourth-order valence-electron chi connectivity index (χ4n) is 1.42. The SMILES string of the molecule is Cc1nc(CCN)cc(NC2CC2)n1. The van der Waals surface area contributed by atoms with Gasteiger partial charge in [0.15, 0.2) is 0 Å². The van der Waals surface area contributed by atoms with Gasteiger partial charge in [0.25, 0.3) is 0 Å². The average Bonchev–Trinajstić information content (AvgIpc) is 2.87. The Balaban J connectivity index is 2.12. The molecule has 3 N–H and O–H groups in total. The molecule has 1 saturated carbocycles. The topological polar surface area (TPSA) is 63.8 Å². The van der Waals surface area contributed by atoms with Crippen LogP contribution >= 0.6 is 0 Å². The van der Waals surface area contributed by atoms with Crippen molar-refractivity contribution in [3.63, 3.8) is 0 Å². The third-order valence-corrected chi connectivity index (χ3v) is 2.22. The van der Waals surface area contributed by atoms with Crippen molar-refractivity contribution >= 4 is 5.82 Å². The fourth-order valence-corrected chi connectivity index (χ4v) is 1.42. The van der Waals surface area contributed by atoms with Crippen molar-refractivity contribution < 1.29 is 0 Å². The van der Waals surface area contributed by atoms with E-state index in [0.29, 0.717) is 12.6 Å². The Labute approximate surface area is 83.9 Å². The maximum atomic E-state index is 5.49. The molecular formula is C10H16N4. The highest BCUT2D eigenvalue weighted by Crippen LogP contribution is 2.23. The highest BCUT2D eigenvalue weighted by molar-refractivity contribution is 5.38. The molecule has 76 valence electrons. The monoisotopic (exact) mass is 192 g/mol. The van der Waals surface area contributed by atoms with Crippen LogP contribution in [-0.2, 0) is 6.42 Å². The van der Waals surface area contributed by atoms with Crippen molar-refractivity contribution in [2.24, 2.45) is 5.73 Å². The summed E-state index contributed by atoms with van der Waals surface area (Å²) in [6.45, 7) is 2.55. The van der Waals surface area contributed by atoms with Crippen LogP contribution in [0.1, 0.15) is 24.4 Å². The second kappa shape index (κ2) is 3.92. The summed E-state index contributed by atoms with van der Waals surface area (Å²) in [7, 11) is 0. The van der Waals surface area contributed by atoms with Crippen LogP contribution in [0.4, 0.5) is 5.82 Å². The summed E-state index contributed by atoms with van der Waals surface area (Å²) in [6, 6.07) is 2.63. The predicted octanol–water partition coefficient (Wildman–Crippen LogP) is 0.861. The molecule has 0 amide bonds. The number of anilines is 1. The van der Waals surface area contributed by atoms with E-state index in [9.17, 15) is 0 Å². The van der Waals surface area contributed by atoms with Crippen molar-refractivity contribution in [2.45, 2.75) is 32.2 Å². The van der Waals surface area contributed by atoms with Crippen LogP contribution in [0.2, 0.25) is 0 Å². The Kier molecular flexibility index (Phi) is 2.63. The Morgan fingerprint density at radius 2 is 2.29 bits per heavy atom. The van der Waals surface area contributed by atoms with Gasteiger partial charge in [-0.25, -0.2) is 9.97 Å². The van der Waals surface area contributed by atoms with E-state index in [1.54, 1.807) is 0 Å². The zero-order valence-electron chi connectivity index (χ0n) is 8.45. The molecule has 0 aromatic carbocycles. The Hall–Kier alpha value is -1.16. The molecule has 1 aliphatic carbocycles. The molecule has 1 aliphatic rings. The molecule has 0 bridgehead atoms.